The van der Waals surface area contributed by atoms with Gasteiger partial charge < -0.3 is 19.5 Å². The van der Waals surface area contributed by atoms with Crippen molar-refractivity contribution in [1.82, 2.24) is 10.3 Å². The van der Waals surface area contributed by atoms with E-state index < -0.39 is 6.23 Å². The van der Waals surface area contributed by atoms with Crippen LogP contribution in [-0.2, 0) is 19.0 Å². The number of hydrogen-bond acceptors (Lipinski definition) is 8. The maximum Gasteiger partial charge on any atom is 0.332 e. The molecule has 1 unspecified atom stereocenters. The van der Waals surface area contributed by atoms with Crippen LogP contribution in [0.2, 0.25) is 0 Å². The predicted octanol–water partition coefficient (Wildman–Crippen LogP) is 0.179. The van der Waals surface area contributed by atoms with Gasteiger partial charge in [-0.25, -0.2) is 10.6 Å². The third-order valence-corrected chi connectivity index (χ3v) is 5.90. The molecular formula is C16H30N4O5S. The molecule has 5 N–H and O–H groups in total. The van der Waals surface area contributed by atoms with Gasteiger partial charge in [-0.3, -0.25) is 15.5 Å². The quantitative estimate of drug-likeness (QED) is 0.107. The van der Waals surface area contributed by atoms with Crippen LogP contribution in [0.25, 0.3) is 0 Å². The third kappa shape index (κ3) is 6.27. The van der Waals surface area contributed by atoms with Crippen LogP contribution in [0.4, 0.5) is 4.79 Å². The van der Waals surface area contributed by atoms with Crippen molar-refractivity contribution in [1.29, 1.82) is 0 Å². The molecule has 0 aromatic carbocycles. The van der Waals surface area contributed by atoms with Gasteiger partial charge in [0.25, 0.3) is 0 Å². The van der Waals surface area contributed by atoms with Crippen molar-refractivity contribution in [3.8, 4) is 0 Å². The van der Waals surface area contributed by atoms with E-state index in [0.717, 1.165) is 25.0 Å². The molecule has 0 bridgehead atoms. The molecule has 10 heteroatoms. The second-order valence-corrected chi connectivity index (χ2v) is 7.64. The number of nitrogens with one attached hydrogen (secondary N) is 1. The number of fused-ring (bicyclic) bond motifs is 1. The Bertz CT molecular complexity index is 470. The van der Waals surface area contributed by atoms with Gasteiger partial charge in [-0.15, -0.1) is 0 Å². The highest BCUT2D eigenvalue weighted by atomic mass is 32.2. The molecule has 4 atom stereocenters. The Morgan fingerprint density at radius 3 is 2.92 bits per heavy atom. The monoisotopic (exact) mass is 390 g/mol. The number of unbranched alkanes of at least 4 members (excludes halogenated alkanes) is 1. The summed E-state index contributed by atoms with van der Waals surface area (Å²) in [5.41, 5.74) is 5.71. The maximum atomic E-state index is 11.8. The fourth-order valence-corrected chi connectivity index (χ4v) is 4.73. The number of nitrogens with two attached hydrogens (primary N) is 2. The van der Waals surface area contributed by atoms with E-state index in [2.05, 4.69) is 5.32 Å². The Morgan fingerprint density at radius 1 is 1.38 bits per heavy atom. The van der Waals surface area contributed by atoms with Gasteiger partial charge in [0.05, 0.1) is 31.9 Å². The molecular weight excluding hydrogens is 360 g/mol. The van der Waals surface area contributed by atoms with Crippen molar-refractivity contribution >= 4 is 23.8 Å². The van der Waals surface area contributed by atoms with E-state index in [0.29, 0.717) is 31.5 Å². The van der Waals surface area contributed by atoms with Crippen molar-refractivity contribution in [3.05, 3.63) is 0 Å². The van der Waals surface area contributed by atoms with Crippen LogP contribution in [0.5, 0.6) is 0 Å². The number of esters is 1. The summed E-state index contributed by atoms with van der Waals surface area (Å²) in [5, 5.41) is 4.51. The molecule has 2 heterocycles. The number of nitrogens with zero attached hydrogens (tertiary/aromatic N) is 1. The van der Waals surface area contributed by atoms with E-state index >= 15 is 0 Å². The van der Waals surface area contributed by atoms with Gasteiger partial charge in [0.1, 0.15) is 0 Å². The highest BCUT2D eigenvalue weighted by Crippen LogP contribution is 2.36. The van der Waals surface area contributed by atoms with E-state index in [9.17, 15) is 9.59 Å². The summed E-state index contributed by atoms with van der Waals surface area (Å²) in [6.07, 6.45) is 2.07. The van der Waals surface area contributed by atoms with Gasteiger partial charge in [0, 0.05) is 24.0 Å². The SMILES string of the molecule is CCOCCOCC(N)OC(=O)CCCC[C@H]1SC[C@H]2NC(=O)N(N)[C@H]21. The standard InChI is InChI=1S/C16H30N4O5S/c1-2-23-7-8-24-9-13(17)25-14(21)6-4-3-5-12-15-11(10-26-12)19-16(22)20(15)18/h11-13,15H,2-10,17-18H2,1H3,(H,19,22)/t11-,12-,13?,15-/m1/s1. The van der Waals surface area contributed by atoms with Crippen LogP contribution in [0, 0.1) is 0 Å². The summed E-state index contributed by atoms with van der Waals surface area (Å²) in [5.74, 6) is 6.39. The molecule has 2 aliphatic rings. The van der Waals surface area contributed by atoms with Crippen LogP contribution in [-0.4, -0.2) is 72.8 Å². The fourth-order valence-electron chi connectivity index (χ4n) is 3.14. The number of urea groups is 1. The third-order valence-electron chi connectivity index (χ3n) is 4.41. The van der Waals surface area contributed by atoms with E-state index in [1.165, 1.54) is 5.01 Å². The van der Waals surface area contributed by atoms with Crippen molar-refractivity contribution in [2.45, 2.75) is 56.2 Å². The second-order valence-electron chi connectivity index (χ2n) is 6.37. The molecule has 2 saturated heterocycles. The maximum absolute atomic E-state index is 11.8. The first-order chi connectivity index (χ1) is 12.5. The first-order valence-corrected chi connectivity index (χ1v) is 10.1. The van der Waals surface area contributed by atoms with E-state index in [4.69, 9.17) is 25.8 Å². The number of hydrogen-bond donors (Lipinski definition) is 3. The lowest BCUT2D eigenvalue weighted by Crippen LogP contribution is -2.45. The molecule has 0 aromatic rings. The largest absolute Gasteiger partial charge is 0.444 e. The fraction of sp³-hybridized carbons (Fsp3) is 0.875. The minimum absolute atomic E-state index is 0.0433. The number of rotatable bonds is 12. The van der Waals surface area contributed by atoms with Crippen LogP contribution in [0.3, 0.4) is 0 Å². The van der Waals surface area contributed by atoms with Crippen LogP contribution >= 0.6 is 11.8 Å². The lowest BCUT2D eigenvalue weighted by Gasteiger charge is -2.22. The first-order valence-electron chi connectivity index (χ1n) is 9.09. The summed E-state index contributed by atoms with van der Waals surface area (Å²) in [6.45, 7) is 3.64. The Morgan fingerprint density at radius 2 is 2.15 bits per heavy atom. The zero-order valence-corrected chi connectivity index (χ0v) is 16.0. The topological polar surface area (TPSA) is 129 Å². The van der Waals surface area contributed by atoms with E-state index in [1.54, 1.807) is 0 Å². The smallest absolute Gasteiger partial charge is 0.332 e. The minimum Gasteiger partial charge on any atom is -0.444 e. The lowest BCUT2D eigenvalue weighted by atomic mass is 10.0. The summed E-state index contributed by atoms with van der Waals surface area (Å²) in [7, 11) is 0. The number of hydrazine groups is 1. The van der Waals surface area contributed by atoms with Crippen LogP contribution in [0.1, 0.15) is 32.6 Å². The van der Waals surface area contributed by atoms with Crippen molar-refractivity contribution in [2.75, 3.05) is 32.2 Å². The summed E-state index contributed by atoms with van der Waals surface area (Å²) in [4.78, 5) is 23.4. The highest BCUT2D eigenvalue weighted by molar-refractivity contribution is 8.00. The van der Waals surface area contributed by atoms with Crippen molar-refractivity contribution in [2.24, 2.45) is 11.6 Å². The second kappa shape index (κ2) is 10.9. The molecule has 0 aromatic heterocycles. The zero-order chi connectivity index (χ0) is 18.9. The van der Waals surface area contributed by atoms with Gasteiger partial charge in [-0.05, 0) is 19.8 Å². The molecule has 2 rings (SSSR count). The summed E-state index contributed by atoms with van der Waals surface area (Å²) >= 11 is 1.82. The molecule has 2 aliphatic heterocycles. The minimum atomic E-state index is -0.753. The Balaban J connectivity index is 1.53. The van der Waals surface area contributed by atoms with Gasteiger partial charge in [0.2, 0.25) is 0 Å². The molecule has 0 radical (unpaired) electrons. The van der Waals surface area contributed by atoms with Crippen LogP contribution in [0.15, 0.2) is 0 Å². The normalized spacial score (nSPS) is 25.9. The first kappa shape index (κ1) is 21.2. The Kier molecular flexibility index (Phi) is 8.93. The van der Waals surface area contributed by atoms with Gasteiger partial charge in [-0.1, -0.05) is 6.42 Å². The van der Waals surface area contributed by atoms with E-state index in [1.807, 2.05) is 18.7 Å². The number of ether oxygens (including phenoxy) is 3. The Hall–Kier alpha value is -1.07. The number of thioether (sulfide) groups is 1. The molecule has 2 fully saturated rings. The molecule has 2 amide bonds. The molecule has 0 spiro atoms. The Labute approximate surface area is 158 Å². The molecule has 0 aliphatic carbocycles. The lowest BCUT2D eigenvalue weighted by molar-refractivity contribution is -0.152. The van der Waals surface area contributed by atoms with Crippen molar-refractivity contribution in [3.63, 3.8) is 0 Å². The molecule has 0 saturated carbocycles. The van der Waals surface area contributed by atoms with Gasteiger partial charge in [0.15, 0.2) is 6.23 Å². The molecule has 9 nitrogen and oxygen atoms in total. The zero-order valence-electron chi connectivity index (χ0n) is 15.2. The van der Waals surface area contributed by atoms with Crippen LogP contribution < -0.4 is 16.9 Å². The van der Waals surface area contributed by atoms with Gasteiger partial charge >= 0.3 is 12.0 Å². The highest BCUT2D eigenvalue weighted by Gasteiger charge is 2.47. The predicted molar refractivity (Wildman–Crippen MR) is 98.2 cm³/mol. The summed E-state index contributed by atoms with van der Waals surface area (Å²) < 4.78 is 15.5. The van der Waals surface area contributed by atoms with E-state index in [-0.39, 0.29) is 30.7 Å². The summed E-state index contributed by atoms with van der Waals surface area (Å²) in [6, 6.07) is -0.0266. The average Bonchev–Trinajstić information content (AvgIpc) is 3.12. The average molecular weight is 391 g/mol. The van der Waals surface area contributed by atoms with Crippen molar-refractivity contribution < 1.29 is 23.8 Å². The number of carbonyl (C=O) groups excluding carboxylic acids is 2. The number of amides is 2. The molecule has 150 valence electrons. The number of carbonyl (C=O) groups is 2. The molecule has 26 heavy (non-hydrogen) atoms. The van der Waals surface area contributed by atoms with Gasteiger partial charge in [-0.2, -0.15) is 11.8 Å².